The second kappa shape index (κ2) is 8.75. The van der Waals surface area contributed by atoms with Gasteiger partial charge in [0.05, 0.1) is 22.2 Å². The van der Waals surface area contributed by atoms with E-state index in [1.165, 1.54) is 0 Å². The predicted octanol–water partition coefficient (Wildman–Crippen LogP) is 4.25. The fourth-order valence-corrected chi connectivity index (χ4v) is 4.37. The van der Waals surface area contributed by atoms with Crippen LogP contribution in [0, 0.1) is 0 Å². The van der Waals surface area contributed by atoms with Gasteiger partial charge >= 0.3 is 0 Å². The Morgan fingerprint density at radius 1 is 0.688 bits per heavy atom. The van der Waals surface area contributed by atoms with Gasteiger partial charge in [-0.25, -0.2) is 0 Å². The van der Waals surface area contributed by atoms with Crippen LogP contribution in [-0.4, -0.2) is 33.9 Å². The molecule has 0 radical (unpaired) electrons. The second-order valence-corrected chi connectivity index (χ2v) is 8.28. The number of aromatic nitrogens is 2. The minimum Gasteiger partial charge on any atom is -0.347 e. The van der Waals surface area contributed by atoms with E-state index in [4.69, 9.17) is 0 Å². The highest BCUT2D eigenvalue weighted by Gasteiger charge is 2.28. The molecule has 6 heteroatoms. The van der Waals surface area contributed by atoms with Crippen LogP contribution in [0.2, 0.25) is 0 Å². The van der Waals surface area contributed by atoms with E-state index >= 15 is 0 Å². The quantitative estimate of drug-likeness (QED) is 0.513. The maximum atomic E-state index is 12.9. The van der Waals surface area contributed by atoms with E-state index in [1.54, 1.807) is 12.4 Å². The van der Waals surface area contributed by atoms with Gasteiger partial charge in [0.15, 0.2) is 0 Å². The van der Waals surface area contributed by atoms with E-state index in [9.17, 15) is 9.59 Å². The molecule has 160 valence electrons. The number of nitrogens with zero attached hydrogens (tertiary/aromatic N) is 2. The molecule has 2 N–H and O–H groups in total. The van der Waals surface area contributed by atoms with Gasteiger partial charge in [-0.1, -0.05) is 49.2 Å². The van der Waals surface area contributed by atoms with E-state index in [2.05, 4.69) is 20.6 Å². The highest BCUT2D eigenvalue weighted by atomic mass is 16.2. The Hall–Kier alpha value is -3.80. The second-order valence-electron chi connectivity index (χ2n) is 8.28. The number of benzene rings is 2. The lowest BCUT2D eigenvalue weighted by Gasteiger charge is -2.32. The van der Waals surface area contributed by atoms with Crippen molar-refractivity contribution in [3.63, 3.8) is 0 Å². The Balaban J connectivity index is 1.30. The van der Waals surface area contributed by atoms with Gasteiger partial charge in [0.25, 0.3) is 11.8 Å². The van der Waals surface area contributed by atoms with Crippen molar-refractivity contribution >= 4 is 33.6 Å². The maximum Gasteiger partial charge on any atom is 0.253 e. The summed E-state index contributed by atoms with van der Waals surface area (Å²) < 4.78 is 0. The van der Waals surface area contributed by atoms with Crippen molar-refractivity contribution in [3.8, 4) is 0 Å². The number of rotatable bonds is 4. The molecule has 0 saturated heterocycles. The lowest BCUT2D eigenvalue weighted by Crippen LogP contribution is -2.53. The molecule has 2 amide bonds. The summed E-state index contributed by atoms with van der Waals surface area (Å²) in [5, 5.41) is 8.11. The van der Waals surface area contributed by atoms with Crippen LogP contribution in [0.1, 0.15) is 46.4 Å². The molecule has 2 aromatic heterocycles. The van der Waals surface area contributed by atoms with Gasteiger partial charge in [0, 0.05) is 35.2 Å². The zero-order valence-corrected chi connectivity index (χ0v) is 17.6. The first-order chi connectivity index (χ1) is 15.7. The van der Waals surface area contributed by atoms with Crippen molar-refractivity contribution in [2.75, 3.05) is 0 Å². The van der Waals surface area contributed by atoms with Gasteiger partial charge in [0.2, 0.25) is 0 Å². The van der Waals surface area contributed by atoms with Gasteiger partial charge in [-0.2, -0.15) is 0 Å². The molecule has 2 atom stereocenters. The molecule has 1 aliphatic rings. The minimum absolute atomic E-state index is 0.125. The monoisotopic (exact) mass is 424 g/mol. The number of para-hydroxylation sites is 2. The molecule has 4 aromatic rings. The van der Waals surface area contributed by atoms with Crippen molar-refractivity contribution in [2.45, 2.75) is 37.8 Å². The molecule has 32 heavy (non-hydrogen) atoms. The number of nitrogens with one attached hydrogen (secondary N) is 2. The number of amides is 2. The highest BCUT2D eigenvalue weighted by molar-refractivity contribution is 5.98. The van der Waals surface area contributed by atoms with Crippen molar-refractivity contribution in [2.24, 2.45) is 0 Å². The normalized spacial score (nSPS) is 18.4. The summed E-state index contributed by atoms with van der Waals surface area (Å²) >= 11 is 0. The Labute approximate surface area is 186 Å². The summed E-state index contributed by atoms with van der Waals surface area (Å²) in [7, 11) is 0. The number of pyridine rings is 2. The molecule has 0 spiro atoms. The van der Waals surface area contributed by atoms with Crippen LogP contribution < -0.4 is 10.6 Å². The van der Waals surface area contributed by atoms with Crippen LogP contribution in [-0.2, 0) is 0 Å². The Kier molecular flexibility index (Phi) is 5.50. The van der Waals surface area contributed by atoms with Crippen molar-refractivity contribution in [1.29, 1.82) is 0 Å². The first-order valence-electron chi connectivity index (χ1n) is 11.0. The van der Waals surface area contributed by atoms with Crippen LogP contribution >= 0.6 is 0 Å². The van der Waals surface area contributed by atoms with Gasteiger partial charge in [0.1, 0.15) is 0 Å². The molecule has 5 rings (SSSR count). The van der Waals surface area contributed by atoms with Crippen molar-refractivity contribution in [3.05, 3.63) is 84.2 Å². The molecule has 2 unspecified atom stereocenters. The van der Waals surface area contributed by atoms with Gasteiger partial charge in [-0.05, 0) is 37.1 Å². The van der Waals surface area contributed by atoms with E-state index in [-0.39, 0.29) is 23.9 Å². The molecule has 1 saturated carbocycles. The number of fused-ring (bicyclic) bond motifs is 2. The minimum atomic E-state index is -0.165. The van der Waals surface area contributed by atoms with E-state index in [1.807, 2.05) is 60.7 Å². The van der Waals surface area contributed by atoms with Crippen LogP contribution in [0.4, 0.5) is 0 Å². The molecule has 0 aliphatic heterocycles. The zero-order valence-electron chi connectivity index (χ0n) is 17.6. The molecule has 0 bridgehead atoms. The first-order valence-corrected chi connectivity index (χ1v) is 11.0. The van der Waals surface area contributed by atoms with E-state index in [0.717, 1.165) is 47.5 Å². The fourth-order valence-electron chi connectivity index (χ4n) is 4.37. The van der Waals surface area contributed by atoms with Gasteiger partial charge in [-0.15, -0.1) is 0 Å². The van der Waals surface area contributed by atoms with E-state index < -0.39 is 0 Å². The average molecular weight is 425 g/mol. The largest absolute Gasteiger partial charge is 0.347 e. The number of hydrogen-bond acceptors (Lipinski definition) is 4. The molecule has 6 nitrogen and oxygen atoms in total. The zero-order chi connectivity index (χ0) is 21.9. The Morgan fingerprint density at radius 3 is 1.59 bits per heavy atom. The summed E-state index contributed by atoms with van der Waals surface area (Å²) in [6.07, 6.45) is 6.90. The molecule has 2 heterocycles. The molecular formula is C26H24N4O2. The standard InChI is InChI=1S/C26H24N4O2/c31-25(19-13-17-7-1-3-9-21(17)27-15-19)29-23-11-5-6-12-24(23)30-26(32)20-14-18-8-2-4-10-22(18)28-16-20/h1-4,7-10,13-16,23-24H,5-6,11-12H2,(H,29,31)(H,30,32). The summed E-state index contributed by atoms with van der Waals surface area (Å²) in [4.78, 5) is 34.6. The summed E-state index contributed by atoms with van der Waals surface area (Å²) in [6, 6.07) is 18.9. The first kappa shape index (κ1) is 20.1. The third kappa shape index (κ3) is 4.17. The molecule has 1 aliphatic carbocycles. The third-order valence-corrected chi connectivity index (χ3v) is 6.10. The molecule has 1 fully saturated rings. The average Bonchev–Trinajstić information content (AvgIpc) is 2.84. The third-order valence-electron chi connectivity index (χ3n) is 6.10. The Bertz CT molecular complexity index is 1200. The van der Waals surface area contributed by atoms with E-state index in [0.29, 0.717) is 11.1 Å². The van der Waals surface area contributed by atoms with Gasteiger partial charge < -0.3 is 10.6 Å². The lowest BCUT2D eigenvalue weighted by atomic mass is 9.89. The van der Waals surface area contributed by atoms with Gasteiger partial charge in [-0.3, -0.25) is 19.6 Å². The molecular weight excluding hydrogens is 400 g/mol. The lowest BCUT2D eigenvalue weighted by molar-refractivity contribution is 0.0862. The summed E-state index contributed by atoms with van der Waals surface area (Å²) in [5.41, 5.74) is 2.77. The number of carbonyl (C=O) groups is 2. The summed E-state index contributed by atoms with van der Waals surface area (Å²) in [6.45, 7) is 0. The highest BCUT2D eigenvalue weighted by Crippen LogP contribution is 2.21. The van der Waals surface area contributed by atoms with Crippen molar-refractivity contribution < 1.29 is 9.59 Å². The van der Waals surface area contributed by atoms with Crippen LogP contribution in [0.5, 0.6) is 0 Å². The van der Waals surface area contributed by atoms with Crippen LogP contribution in [0.3, 0.4) is 0 Å². The SMILES string of the molecule is O=C(NC1CCCCC1NC(=O)c1cnc2ccccc2c1)c1cnc2ccccc2c1. The van der Waals surface area contributed by atoms with Crippen LogP contribution in [0.25, 0.3) is 21.8 Å². The maximum absolute atomic E-state index is 12.9. The topological polar surface area (TPSA) is 84.0 Å². The smallest absolute Gasteiger partial charge is 0.253 e. The Morgan fingerprint density at radius 2 is 1.12 bits per heavy atom. The fraction of sp³-hybridized carbons (Fsp3) is 0.231. The predicted molar refractivity (Wildman–Crippen MR) is 124 cm³/mol. The summed E-state index contributed by atoms with van der Waals surface area (Å²) in [5.74, 6) is -0.330. The van der Waals surface area contributed by atoms with Crippen LogP contribution in [0.15, 0.2) is 73.1 Å². The molecule has 2 aromatic carbocycles. The number of carbonyl (C=O) groups excluding carboxylic acids is 2. The number of hydrogen-bond donors (Lipinski definition) is 2. The van der Waals surface area contributed by atoms with Crippen molar-refractivity contribution in [1.82, 2.24) is 20.6 Å².